The summed E-state index contributed by atoms with van der Waals surface area (Å²) in [5, 5.41) is 0. The molecule has 2 N–H and O–H groups in total. The van der Waals surface area contributed by atoms with Gasteiger partial charge in [-0.2, -0.15) is 0 Å². The lowest BCUT2D eigenvalue weighted by Crippen LogP contribution is -2.36. The van der Waals surface area contributed by atoms with E-state index in [4.69, 9.17) is 10.5 Å². The van der Waals surface area contributed by atoms with E-state index in [1.165, 1.54) is 5.69 Å². The lowest BCUT2D eigenvalue weighted by Gasteiger charge is -2.28. The second-order valence-corrected chi connectivity index (χ2v) is 3.19. The summed E-state index contributed by atoms with van der Waals surface area (Å²) >= 11 is 0. The monoisotopic (exact) mass is 238 g/mol. The SMILES string of the molecule is CC.CC.Nc1ccc(N2CCOCC2)cc1. The van der Waals surface area contributed by atoms with Crippen LogP contribution in [0.25, 0.3) is 0 Å². The number of anilines is 2. The second kappa shape index (κ2) is 9.97. The maximum atomic E-state index is 5.61. The van der Waals surface area contributed by atoms with Crippen molar-refractivity contribution in [1.29, 1.82) is 0 Å². The van der Waals surface area contributed by atoms with E-state index >= 15 is 0 Å². The predicted molar refractivity (Wildman–Crippen MR) is 76.6 cm³/mol. The lowest BCUT2D eigenvalue weighted by molar-refractivity contribution is 0.122. The fourth-order valence-corrected chi connectivity index (χ4v) is 1.51. The average molecular weight is 238 g/mol. The van der Waals surface area contributed by atoms with Gasteiger partial charge in [-0.3, -0.25) is 0 Å². The van der Waals surface area contributed by atoms with E-state index in [0.717, 1.165) is 32.0 Å². The average Bonchev–Trinajstić information content (AvgIpc) is 2.45. The van der Waals surface area contributed by atoms with Crippen LogP contribution < -0.4 is 10.6 Å². The van der Waals surface area contributed by atoms with Gasteiger partial charge in [0.25, 0.3) is 0 Å². The molecule has 1 fully saturated rings. The standard InChI is InChI=1S/C10H14N2O.2C2H6/c11-9-1-3-10(4-2-9)12-5-7-13-8-6-12;2*1-2/h1-4H,5-8,11H2;2*1-2H3. The normalized spacial score (nSPS) is 14.0. The van der Waals surface area contributed by atoms with Crippen molar-refractivity contribution in [1.82, 2.24) is 0 Å². The maximum Gasteiger partial charge on any atom is 0.0642 e. The zero-order chi connectivity index (χ0) is 13.1. The zero-order valence-corrected chi connectivity index (χ0v) is 11.6. The molecule has 1 saturated heterocycles. The van der Waals surface area contributed by atoms with Crippen LogP contribution in [0.15, 0.2) is 24.3 Å². The van der Waals surface area contributed by atoms with Gasteiger partial charge in [-0.1, -0.05) is 27.7 Å². The maximum absolute atomic E-state index is 5.61. The third kappa shape index (κ3) is 5.59. The molecule has 3 heteroatoms. The zero-order valence-electron chi connectivity index (χ0n) is 11.6. The van der Waals surface area contributed by atoms with Gasteiger partial charge in [0, 0.05) is 24.5 Å². The predicted octanol–water partition coefficient (Wildman–Crippen LogP) is 3.16. The van der Waals surface area contributed by atoms with E-state index in [-0.39, 0.29) is 0 Å². The Kier molecular flexibility index (Phi) is 9.25. The number of hydrogen-bond acceptors (Lipinski definition) is 3. The van der Waals surface area contributed by atoms with E-state index in [1.807, 2.05) is 39.8 Å². The van der Waals surface area contributed by atoms with Crippen molar-refractivity contribution in [2.45, 2.75) is 27.7 Å². The smallest absolute Gasteiger partial charge is 0.0642 e. The van der Waals surface area contributed by atoms with Gasteiger partial charge in [0.1, 0.15) is 0 Å². The minimum absolute atomic E-state index is 0.817. The van der Waals surface area contributed by atoms with E-state index in [2.05, 4.69) is 17.0 Å². The number of rotatable bonds is 1. The number of nitrogens with zero attached hydrogens (tertiary/aromatic N) is 1. The Labute approximate surface area is 106 Å². The fourth-order valence-electron chi connectivity index (χ4n) is 1.51. The summed E-state index contributed by atoms with van der Waals surface area (Å²) in [7, 11) is 0. The molecule has 1 heterocycles. The van der Waals surface area contributed by atoms with Gasteiger partial charge < -0.3 is 15.4 Å². The lowest BCUT2D eigenvalue weighted by atomic mass is 10.2. The third-order valence-electron chi connectivity index (χ3n) is 2.27. The molecule has 3 nitrogen and oxygen atoms in total. The van der Waals surface area contributed by atoms with E-state index < -0.39 is 0 Å². The van der Waals surface area contributed by atoms with Crippen molar-refractivity contribution >= 4 is 11.4 Å². The molecule has 0 amide bonds. The van der Waals surface area contributed by atoms with Crippen molar-refractivity contribution in [3.05, 3.63) is 24.3 Å². The highest BCUT2D eigenvalue weighted by Crippen LogP contribution is 2.16. The molecule has 0 aromatic heterocycles. The van der Waals surface area contributed by atoms with Gasteiger partial charge in [0.05, 0.1) is 13.2 Å². The molecule has 98 valence electrons. The first-order valence-electron chi connectivity index (χ1n) is 6.54. The number of nitrogen functional groups attached to an aromatic ring is 1. The molecule has 1 aliphatic heterocycles. The van der Waals surface area contributed by atoms with Crippen molar-refractivity contribution in [3.63, 3.8) is 0 Å². The van der Waals surface area contributed by atoms with E-state index in [9.17, 15) is 0 Å². The van der Waals surface area contributed by atoms with Gasteiger partial charge in [0.2, 0.25) is 0 Å². The second-order valence-electron chi connectivity index (χ2n) is 3.19. The molecule has 2 rings (SSSR count). The Bertz CT molecular complexity index is 266. The van der Waals surface area contributed by atoms with Crippen molar-refractivity contribution in [2.24, 2.45) is 0 Å². The first-order chi connectivity index (χ1) is 8.36. The van der Waals surface area contributed by atoms with Crippen LogP contribution in [0, 0.1) is 0 Å². The molecule has 1 aromatic rings. The Hall–Kier alpha value is -1.22. The molecular formula is C14H26N2O. The van der Waals surface area contributed by atoms with Crippen LogP contribution in [0.3, 0.4) is 0 Å². The molecule has 0 atom stereocenters. The van der Waals surface area contributed by atoms with Crippen molar-refractivity contribution < 1.29 is 4.74 Å². The molecule has 0 aliphatic carbocycles. The van der Waals surface area contributed by atoms with Crippen LogP contribution in [-0.2, 0) is 4.74 Å². The Morgan fingerprint density at radius 1 is 0.941 bits per heavy atom. The Balaban J connectivity index is 0.000000581. The first kappa shape index (κ1) is 15.8. The van der Waals surface area contributed by atoms with Gasteiger partial charge >= 0.3 is 0 Å². The molecule has 0 unspecified atom stereocenters. The quantitative estimate of drug-likeness (QED) is 0.764. The number of benzene rings is 1. The molecular weight excluding hydrogens is 212 g/mol. The molecule has 0 saturated carbocycles. The van der Waals surface area contributed by atoms with Crippen LogP contribution in [0.4, 0.5) is 11.4 Å². The topological polar surface area (TPSA) is 38.5 Å². The minimum atomic E-state index is 0.817. The fraction of sp³-hybridized carbons (Fsp3) is 0.571. The van der Waals surface area contributed by atoms with Crippen LogP contribution in [-0.4, -0.2) is 26.3 Å². The summed E-state index contributed by atoms with van der Waals surface area (Å²) in [6.45, 7) is 11.6. The highest BCUT2D eigenvalue weighted by atomic mass is 16.5. The third-order valence-corrected chi connectivity index (χ3v) is 2.27. The molecule has 0 radical (unpaired) electrons. The first-order valence-corrected chi connectivity index (χ1v) is 6.54. The van der Waals surface area contributed by atoms with Crippen LogP contribution >= 0.6 is 0 Å². The largest absolute Gasteiger partial charge is 0.399 e. The van der Waals surface area contributed by atoms with Crippen molar-refractivity contribution in [3.8, 4) is 0 Å². The van der Waals surface area contributed by atoms with Gasteiger partial charge in [-0.25, -0.2) is 0 Å². The Morgan fingerprint density at radius 2 is 1.41 bits per heavy atom. The number of hydrogen-bond donors (Lipinski definition) is 1. The molecule has 1 aromatic carbocycles. The van der Waals surface area contributed by atoms with Crippen LogP contribution in [0.2, 0.25) is 0 Å². The summed E-state index contributed by atoms with van der Waals surface area (Å²) in [5.74, 6) is 0. The van der Waals surface area contributed by atoms with Gasteiger partial charge in [0.15, 0.2) is 0 Å². The van der Waals surface area contributed by atoms with E-state index in [1.54, 1.807) is 0 Å². The number of ether oxygens (including phenoxy) is 1. The summed E-state index contributed by atoms with van der Waals surface area (Å²) in [4.78, 5) is 2.31. The van der Waals surface area contributed by atoms with Crippen LogP contribution in [0.5, 0.6) is 0 Å². The summed E-state index contributed by atoms with van der Waals surface area (Å²) in [6.07, 6.45) is 0. The highest BCUT2D eigenvalue weighted by Gasteiger charge is 2.09. The Morgan fingerprint density at radius 3 is 1.88 bits per heavy atom. The summed E-state index contributed by atoms with van der Waals surface area (Å²) < 4.78 is 5.28. The minimum Gasteiger partial charge on any atom is -0.399 e. The molecule has 1 aliphatic rings. The van der Waals surface area contributed by atoms with Gasteiger partial charge in [-0.05, 0) is 24.3 Å². The summed E-state index contributed by atoms with van der Waals surface area (Å²) in [6, 6.07) is 7.98. The number of morpholine rings is 1. The van der Waals surface area contributed by atoms with Gasteiger partial charge in [-0.15, -0.1) is 0 Å². The molecule has 0 spiro atoms. The van der Waals surface area contributed by atoms with Crippen molar-refractivity contribution in [2.75, 3.05) is 36.9 Å². The van der Waals surface area contributed by atoms with Crippen LogP contribution in [0.1, 0.15) is 27.7 Å². The summed E-state index contributed by atoms with van der Waals surface area (Å²) in [5.41, 5.74) is 7.66. The highest BCUT2D eigenvalue weighted by molar-refractivity contribution is 5.53. The van der Waals surface area contributed by atoms with E-state index in [0.29, 0.717) is 0 Å². The molecule has 0 bridgehead atoms. The number of nitrogens with two attached hydrogens (primary N) is 1. The molecule has 17 heavy (non-hydrogen) atoms.